The number of rotatable bonds is 3. The Kier molecular flexibility index (Phi) is 2.50. The van der Waals surface area contributed by atoms with E-state index in [1.54, 1.807) is 0 Å². The summed E-state index contributed by atoms with van der Waals surface area (Å²) in [6, 6.07) is 9.32. The van der Waals surface area contributed by atoms with Crippen molar-refractivity contribution in [3.05, 3.63) is 40.4 Å². The summed E-state index contributed by atoms with van der Waals surface area (Å²) in [5, 5.41) is 10.6. The minimum absolute atomic E-state index is 0.704. The van der Waals surface area contributed by atoms with E-state index in [9.17, 15) is 10.1 Å². The first-order chi connectivity index (χ1) is 6.30. The summed E-state index contributed by atoms with van der Waals surface area (Å²) in [6.45, 7) is 2.62. The fraction of sp³-hybridized carbons (Fsp3) is 0.333. The van der Waals surface area contributed by atoms with Crippen LogP contribution >= 0.6 is 6.83 Å². The van der Waals surface area contributed by atoms with Gasteiger partial charge in [0, 0.05) is 0 Å². The molecule has 0 radical (unpaired) electrons. The standard InChI is InChI=1S/C9H14NO3P/c1-14(2,3,13-10(11)12)9-7-5-4-6-8-9/h4-8H,1-3H3. The molecule has 1 aromatic carbocycles. The van der Waals surface area contributed by atoms with Gasteiger partial charge in [-0.15, -0.1) is 0 Å². The molecule has 4 nitrogen and oxygen atoms in total. The van der Waals surface area contributed by atoms with E-state index < -0.39 is 11.9 Å². The molecule has 78 valence electrons. The second kappa shape index (κ2) is 3.21. The summed E-state index contributed by atoms with van der Waals surface area (Å²) in [4.78, 5) is 10.4. The number of hydrogen-bond acceptors (Lipinski definition) is 3. The fourth-order valence-corrected chi connectivity index (χ4v) is 2.97. The number of nitrogens with zero attached hydrogens (tertiary/aromatic N) is 1. The van der Waals surface area contributed by atoms with E-state index in [0.717, 1.165) is 5.30 Å². The Morgan fingerprint density at radius 1 is 1.21 bits per heavy atom. The van der Waals surface area contributed by atoms with Gasteiger partial charge in [0.15, 0.2) is 0 Å². The predicted molar refractivity (Wildman–Crippen MR) is 58.8 cm³/mol. The van der Waals surface area contributed by atoms with E-state index >= 15 is 0 Å². The normalized spacial score (nSPS) is 14.1. The number of hydrogen-bond donors (Lipinski definition) is 0. The van der Waals surface area contributed by atoms with Gasteiger partial charge in [0.05, 0.1) is 0 Å². The molecule has 5 heteroatoms. The van der Waals surface area contributed by atoms with Crippen LogP contribution in [0, 0.1) is 10.1 Å². The van der Waals surface area contributed by atoms with Crippen LogP contribution < -0.4 is 5.30 Å². The molecular weight excluding hydrogens is 201 g/mol. The van der Waals surface area contributed by atoms with Gasteiger partial charge in [-0.1, -0.05) is 0 Å². The van der Waals surface area contributed by atoms with Gasteiger partial charge < -0.3 is 0 Å². The van der Waals surface area contributed by atoms with E-state index in [1.807, 2.05) is 50.3 Å². The van der Waals surface area contributed by atoms with E-state index in [4.69, 9.17) is 4.62 Å². The zero-order valence-electron chi connectivity index (χ0n) is 8.51. The van der Waals surface area contributed by atoms with Crippen LogP contribution in [0.15, 0.2) is 30.3 Å². The Hall–Kier alpha value is -1.15. The molecule has 0 saturated heterocycles. The molecule has 0 aromatic heterocycles. The SMILES string of the molecule is CP(C)(C)(O[N+](=O)[O-])c1ccccc1. The van der Waals surface area contributed by atoms with Crippen LogP contribution in [0.1, 0.15) is 0 Å². The van der Waals surface area contributed by atoms with Gasteiger partial charge in [0.1, 0.15) is 0 Å². The molecule has 0 N–H and O–H groups in total. The van der Waals surface area contributed by atoms with Crippen LogP contribution in [-0.2, 0) is 4.62 Å². The summed E-state index contributed by atoms with van der Waals surface area (Å²) >= 11 is 0. The Morgan fingerprint density at radius 2 is 1.71 bits per heavy atom. The Labute approximate surface area is 83.0 Å². The molecule has 0 unspecified atom stereocenters. The average Bonchev–Trinajstić information content (AvgIpc) is 2.02. The van der Waals surface area contributed by atoms with E-state index in [-0.39, 0.29) is 0 Å². The summed E-state index contributed by atoms with van der Waals surface area (Å²) in [7, 11) is 0. The summed E-state index contributed by atoms with van der Waals surface area (Å²) in [6.07, 6.45) is 0. The molecule has 0 fully saturated rings. The Balaban J connectivity index is 3.11. The predicted octanol–water partition coefficient (Wildman–Crippen LogP) is 1.88. The number of benzene rings is 1. The van der Waals surface area contributed by atoms with E-state index in [0.29, 0.717) is 0 Å². The maximum atomic E-state index is 10.4. The van der Waals surface area contributed by atoms with Gasteiger partial charge in [0.25, 0.3) is 0 Å². The zero-order valence-corrected chi connectivity index (χ0v) is 9.40. The molecular formula is C9H14NO3P. The van der Waals surface area contributed by atoms with Gasteiger partial charge in [-0.05, 0) is 0 Å². The van der Waals surface area contributed by atoms with Crippen LogP contribution in [0.5, 0.6) is 0 Å². The molecule has 0 aliphatic carbocycles. The molecule has 0 atom stereocenters. The van der Waals surface area contributed by atoms with Crippen molar-refractivity contribution in [3.8, 4) is 0 Å². The van der Waals surface area contributed by atoms with Crippen molar-refractivity contribution in [1.82, 2.24) is 0 Å². The summed E-state index contributed by atoms with van der Waals surface area (Å²) < 4.78 is 4.86. The molecule has 0 heterocycles. The van der Waals surface area contributed by atoms with Gasteiger partial charge in [-0.3, -0.25) is 0 Å². The topological polar surface area (TPSA) is 52.4 Å². The van der Waals surface area contributed by atoms with Gasteiger partial charge >= 0.3 is 82.3 Å². The van der Waals surface area contributed by atoms with Crippen molar-refractivity contribution in [1.29, 1.82) is 0 Å². The third kappa shape index (κ3) is 2.42. The van der Waals surface area contributed by atoms with Crippen LogP contribution in [-0.4, -0.2) is 25.1 Å². The van der Waals surface area contributed by atoms with Crippen LogP contribution in [0.4, 0.5) is 0 Å². The monoisotopic (exact) mass is 215 g/mol. The molecule has 0 amide bonds. The quantitative estimate of drug-likeness (QED) is 0.439. The van der Waals surface area contributed by atoms with Crippen molar-refractivity contribution < 1.29 is 9.71 Å². The molecule has 14 heavy (non-hydrogen) atoms. The third-order valence-corrected chi connectivity index (χ3v) is 4.75. The van der Waals surface area contributed by atoms with Gasteiger partial charge in [-0.2, -0.15) is 0 Å². The molecule has 0 saturated carbocycles. The molecule has 1 rings (SSSR count). The van der Waals surface area contributed by atoms with Crippen molar-refractivity contribution in [2.75, 3.05) is 20.0 Å². The van der Waals surface area contributed by atoms with Crippen LogP contribution in [0.25, 0.3) is 0 Å². The fourth-order valence-electron chi connectivity index (χ4n) is 1.22. The minimum atomic E-state index is -2.81. The van der Waals surface area contributed by atoms with Crippen LogP contribution in [0.3, 0.4) is 0 Å². The van der Waals surface area contributed by atoms with Gasteiger partial charge in [0.2, 0.25) is 0 Å². The Morgan fingerprint density at radius 3 is 2.14 bits per heavy atom. The summed E-state index contributed by atoms with van der Waals surface area (Å²) in [5.41, 5.74) is 0. The average molecular weight is 215 g/mol. The molecule has 0 bridgehead atoms. The third-order valence-electron chi connectivity index (χ3n) is 1.99. The molecule has 1 aromatic rings. The summed E-state index contributed by atoms with van der Waals surface area (Å²) in [5.74, 6) is 0. The van der Waals surface area contributed by atoms with E-state index in [1.165, 1.54) is 0 Å². The zero-order chi connectivity index (χ0) is 10.8. The van der Waals surface area contributed by atoms with Gasteiger partial charge in [-0.25, -0.2) is 0 Å². The molecule has 0 aliphatic heterocycles. The van der Waals surface area contributed by atoms with Crippen LogP contribution in [0.2, 0.25) is 0 Å². The first kappa shape index (κ1) is 10.9. The Bertz CT molecular complexity index is 342. The second-order valence-corrected chi connectivity index (χ2v) is 10.3. The van der Waals surface area contributed by atoms with Crippen molar-refractivity contribution >= 4 is 12.1 Å². The van der Waals surface area contributed by atoms with Crippen molar-refractivity contribution in [2.24, 2.45) is 0 Å². The first-order valence-corrected chi connectivity index (χ1v) is 7.70. The maximum absolute atomic E-state index is 10.4. The molecule has 0 spiro atoms. The van der Waals surface area contributed by atoms with Crippen molar-refractivity contribution in [2.45, 2.75) is 0 Å². The first-order valence-electron chi connectivity index (χ1n) is 4.21. The van der Waals surface area contributed by atoms with E-state index in [2.05, 4.69) is 0 Å². The van der Waals surface area contributed by atoms with Crippen molar-refractivity contribution in [3.63, 3.8) is 0 Å². The molecule has 0 aliphatic rings. The second-order valence-electron chi connectivity index (χ2n) is 4.29.